The molecule has 4 atom stereocenters. The van der Waals surface area contributed by atoms with E-state index in [9.17, 15) is 11.3 Å². The molecule has 0 spiro atoms. The molecule has 2 N–H and O–H groups in total. The Labute approximate surface area is 296 Å². The minimum absolute atomic E-state index is 0.195. The van der Waals surface area contributed by atoms with Crippen LogP contribution in [-0.4, -0.2) is 82.5 Å². The Morgan fingerprint density at radius 3 is 2.22 bits per heavy atom. The number of aliphatic hydroxyl groups is 1. The van der Waals surface area contributed by atoms with Crippen LogP contribution in [0, 0.1) is 0 Å². The molecule has 1 aliphatic heterocycles. The normalized spacial score (nSPS) is 23.2. The van der Waals surface area contributed by atoms with E-state index in [-0.39, 0.29) is 18.3 Å². The van der Waals surface area contributed by atoms with E-state index in [0.29, 0.717) is 23.1 Å². The summed E-state index contributed by atoms with van der Waals surface area (Å²) in [5.74, 6) is -1.10. The fourth-order valence-corrected chi connectivity index (χ4v) is 6.66. The number of aromatic nitrogens is 4. The highest BCUT2D eigenvalue weighted by Gasteiger charge is 2.48. The van der Waals surface area contributed by atoms with Crippen molar-refractivity contribution in [2.24, 2.45) is 0 Å². The quantitative estimate of drug-likeness (QED) is 0.168. The van der Waals surface area contributed by atoms with Gasteiger partial charge in [-0.1, -0.05) is 91.0 Å². The van der Waals surface area contributed by atoms with Crippen LogP contribution in [0.25, 0.3) is 11.2 Å². The van der Waals surface area contributed by atoms with Crippen molar-refractivity contribution in [1.82, 2.24) is 19.5 Å². The van der Waals surface area contributed by atoms with E-state index in [1.807, 2.05) is 85.0 Å². The number of carbonyl (C=O) groups excluding carboxylic acids is 1. The third-order valence-electron chi connectivity index (χ3n) is 9.37. The van der Waals surface area contributed by atoms with Gasteiger partial charge in [-0.15, -0.1) is 0 Å². The molecule has 51 heavy (non-hydrogen) atoms. The molecular weight excluding hydrogens is 650 g/mol. The van der Waals surface area contributed by atoms with E-state index in [1.54, 1.807) is 43.1 Å². The number of anilines is 1. The van der Waals surface area contributed by atoms with Crippen molar-refractivity contribution in [2.45, 2.75) is 42.3 Å². The predicted octanol–water partition coefficient (Wildman–Crippen LogP) is 5.19. The van der Waals surface area contributed by atoms with Crippen LogP contribution in [0.2, 0.25) is 0 Å². The Balaban J connectivity index is 1.23. The molecule has 0 unspecified atom stereocenters. The average Bonchev–Trinajstić information content (AvgIpc) is 3.74. The molecule has 1 aliphatic carbocycles. The minimum atomic E-state index is -2.27. The lowest BCUT2D eigenvalue weighted by molar-refractivity contribution is -0.168. The molecule has 1 amide bonds. The summed E-state index contributed by atoms with van der Waals surface area (Å²) in [6.07, 6.45) is 3.27. The molecule has 12 nitrogen and oxygen atoms in total. The summed E-state index contributed by atoms with van der Waals surface area (Å²) in [4.78, 5) is 26.1. The van der Waals surface area contributed by atoms with E-state index in [0.717, 1.165) is 16.7 Å². The molecule has 7 rings (SSSR count). The number of hydrogen-bond donors (Lipinski definition) is 2. The first kappa shape index (κ1) is 33.1. The topological polar surface area (TPSA) is 139 Å². The second-order valence-corrected chi connectivity index (χ2v) is 12.1. The molecule has 12 heteroatoms. The molecule has 2 aromatic heterocycles. The third-order valence-corrected chi connectivity index (χ3v) is 9.37. The highest BCUT2D eigenvalue weighted by Crippen LogP contribution is 2.45. The van der Waals surface area contributed by atoms with Crippen LogP contribution < -0.4 is 5.32 Å². The van der Waals surface area contributed by atoms with Gasteiger partial charge in [0.1, 0.15) is 30.2 Å². The molecule has 262 valence electrons. The highest BCUT2D eigenvalue weighted by atomic mass is 16.7. The maximum absolute atomic E-state index is 12.9. The Morgan fingerprint density at radius 1 is 0.980 bits per heavy atom. The highest BCUT2D eigenvalue weighted by molar-refractivity contribution is 6.06. The van der Waals surface area contributed by atoms with E-state index >= 15 is 0 Å². The molecule has 3 aromatic carbocycles. The predicted molar refractivity (Wildman–Crippen MR) is 189 cm³/mol. The zero-order valence-corrected chi connectivity index (χ0v) is 28.4. The Bertz CT molecular complexity index is 2030. The number of hydrogen-bond acceptors (Lipinski definition) is 10. The van der Waals surface area contributed by atoms with Gasteiger partial charge in [-0.3, -0.25) is 9.36 Å². The monoisotopic (exact) mass is 690 g/mol. The third kappa shape index (κ3) is 6.38. The van der Waals surface area contributed by atoms with Gasteiger partial charge in [-0.25, -0.2) is 15.0 Å². The number of amides is 1. The molecule has 0 saturated carbocycles. The number of ether oxygens (including phenoxy) is 5. The van der Waals surface area contributed by atoms with Crippen LogP contribution in [0.3, 0.4) is 0 Å². The van der Waals surface area contributed by atoms with Crippen molar-refractivity contribution >= 4 is 22.9 Å². The van der Waals surface area contributed by atoms with Crippen molar-refractivity contribution in [3.63, 3.8) is 0 Å². The summed E-state index contributed by atoms with van der Waals surface area (Å²) >= 11 is 0. The van der Waals surface area contributed by atoms with Crippen molar-refractivity contribution < 1.29 is 35.0 Å². The molecule has 0 bridgehead atoms. The molecule has 0 radical (unpaired) electrons. The van der Waals surface area contributed by atoms with E-state index < -0.39 is 35.9 Å². The van der Waals surface area contributed by atoms with E-state index in [2.05, 4.69) is 20.3 Å². The first-order valence-electron chi connectivity index (χ1n) is 17.0. The summed E-state index contributed by atoms with van der Waals surface area (Å²) in [5.41, 5.74) is 2.33. The second-order valence-electron chi connectivity index (χ2n) is 12.1. The van der Waals surface area contributed by atoms with Gasteiger partial charge in [0.25, 0.3) is 5.91 Å². The van der Waals surface area contributed by atoms with Crippen LogP contribution in [0.5, 0.6) is 0 Å². The molecule has 1 saturated heterocycles. The lowest BCUT2D eigenvalue weighted by Gasteiger charge is -2.40. The smallest absolute Gasteiger partial charge is 0.256 e. The zero-order chi connectivity index (χ0) is 36.3. The molecule has 5 aromatic rings. The fraction of sp³-hybridized carbons (Fsp3) is 0.282. The van der Waals surface area contributed by atoms with Gasteiger partial charge in [-0.2, -0.15) is 0 Å². The van der Waals surface area contributed by atoms with Crippen molar-refractivity contribution in [3.8, 4) is 0 Å². The number of fused-ring (bicyclic) bond motifs is 1. The van der Waals surface area contributed by atoms with Gasteiger partial charge >= 0.3 is 0 Å². The van der Waals surface area contributed by atoms with Crippen LogP contribution in [0.4, 0.5) is 5.82 Å². The number of nitrogens with one attached hydrogen (secondary N) is 1. The number of carbonyl (C=O) groups is 1. The minimum Gasteiger partial charge on any atom is -0.387 e. The van der Waals surface area contributed by atoms with Crippen molar-refractivity contribution in [3.05, 3.63) is 144 Å². The second kappa shape index (κ2) is 14.6. The summed E-state index contributed by atoms with van der Waals surface area (Å²) in [6.45, 7) is -0.217. The van der Waals surface area contributed by atoms with Crippen molar-refractivity contribution in [2.75, 3.05) is 33.3 Å². The lowest BCUT2D eigenvalue weighted by atomic mass is 9.77. The molecule has 2 aliphatic rings. The molecule has 3 heterocycles. The summed E-state index contributed by atoms with van der Waals surface area (Å²) < 4.78 is 41.3. The number of benzene rings is 3. The van der Waals surface area contributed by atoms with Gasteiger partial charge in [0.2, 0.25) is 0 Å². The Kier molecular flexibility index (Phi) is 9.50. The van der Waals surface area contributed by atoms with Gasteiger partial charge in [-0.05, 0) is 34.9 Å². The van der Waals surface area contributed by atoms with Crippen molar-refractivity contribution in [1.29, 1.82) is 0 Å². The maximum atomic E-state index is 12.9. The summed E-state index contributed by atoms with van der Waals surface area (Å²) in [6, 6.07) is 28.2. The first-order valence-corrected chi connectivity index (χ1v) is 16.5. The van der Waals surface area contributed by atoms with E-state index in [1.165, 1.54) is 19.8 Å². The van der Waals surface area contributed by atoms with Crippen LogP contribution in [0.1, 0.15) is 35.5 Å². The van der Waals surface area contributed by atoms with Gasteiger partial charge in [0.15, 0.2) is 29.0 Å². The molecule has 1 fully saturated rings. The number of rotatable bonds is 12. The Morgan fingerprint density at radius 2 is 1.63 bits per heavy atom. The largest absolute Gasteiger partial charge is 0.387 e. The molecular formula is C39H39N5O7. The fourth-order valence-electron chi connectivity index (χ4n) is 6.66. The van der Waals surface area contributed by atoms with Gasteiger partial charge < -0.3 is 34.1 Å². The van der Waals surface area contributed by atoms with Gasteiger partial charge in [0.05, 0.1) is 14.3 Å². The van der Waals surface area contributed by atoms with Gasteiger partial charge in [0, 0.05) is 33.3 Å². The number of imidazole rings is 1. The summed E-state index contributed by atoms with van der Waals surface area (Å²) in [5, 5.41) is 14.6. The van der Waals surface area contributed by atoms with Crippen LogP contribution in [-0.2, 0) is 29.3 Å². The average molecular weight is 691 g/mol. The summed E-state index contributed by atoms with van der Waals surface area (Å²) in [7, 11) is 4.59. The van der Waals surface area contributed by atoms with E-state index in [4.69, 9.17) is 23.7 Å². The zero-order valence-electron chi connectivity index (χ0n) is 29.4. The number of nitrogens with zero attached hydrogens (tertiary/aromatic N) is 4. The first-order chi connectivity index (χ1) is 25.3. The number of methoxy groups -OCH3 is 3. The SMILES string of the molecule is [2H][C@@]1(O)[C@@H](COC(C2=CCC(OC)(OC)C=C2)(c2ccccc2)c2ccccc2)O[C@@H](n2cnc3c(NC(=O)c4ccccc4)ncnc32)[C@@H]1OC. The Hall–Kier alpha value is -5.08. The standard InChI is InChI=1S/C39H39N5O7/c1-47-33-32(45)30(51-37(33)44-25-42-31-34(40-24-41-35(31)44)43-36(46)26-13-7-4-8-14-26)23-50-39(27-15-9-5-10-16-27,28-17-11-6-12-18-28)29-19-21-38(48-2,49-3)22-20-29/h4-21,24-25,30,32-33,37,45H,22-23H2,1-3H3,(H,40,41,43,46)/t30-,32-,33-,37-/m1/s1/i32D. The maximum Gasteiger partial charge on any atom is 0.256 e. The van der Waals surface area contributed by atoms with Crippen LogP contribution >= 0.6 is 0 Å². The van der Waals surface area contributed by atoms with Crippen LogP contribution in [0.15, 0.2) is 127 Å². The lowest BCUT2D eigenvalue weighted by Crippen LogP contribution is -2.41.